The van der Waals surface area contributed by atoms with Gasteiger partial charge in [0, 0.05) is 10.0 Å². The summed E-state index contributed by atoms with van der Waals surface area (Å²) in [5, 5.41) is 22.0. The molecule has 22 heavy (non-hydrogen) atoms. The van der Waals surface area contributed by atoms with Crippen LogP contribution >= 0.6 is 23.2 Å². The second-order valence-electron chi connectivity index (χ2n) is 4.70. The molecule has 2 rings (SSSR count). The summed E-state index contributed by atoms with van der Waals surface area (Å²) in [4.78, 5) is 10.9. The number of aromatic hydroxyl groups is 2. The lowest BCUT2D eigenvalue weighted by atomic mass is 9.94. The lowest BCUT2D eigenvalue weighted by Crippen LogP contribution is -2.31. The van der Waals surface area contributed by atoms with Crippen LogP contribution in [0, 0.1) is 0 Å². The van der Waals surface area contributed by atoms with E-state index in [4.69, 9.17) is 28.9 Å². The highest BCUT2D eigenvalue weighted by atomic mass is 35.5. The van der Waals surface area contributed by atoms with Gasteiger partial charge < -0.3 is 21.3 Å². The van der Waals surface area contributed by atoms with Crippen molar-refractivity contribution in [3.05, 3.63) is 57.6 Å². The molecule has 5 nitrogen and oxygen atoms in total. The number of nitrogens with one attached hydrogen (secondary N) is 1. The maximum Gasteiger partial charge on any atom is 0.207 e. The monoisotopic (exact) mass is 340 g/mol. The van der Waals surface area contributed by atoms with E-state index in [1.54, 1.807) is 12.1 Å². The number of carbonyl (C=O) groups excluding carboxylic acids is 1. The molecular formula is C15H14Cl2N2O3. The molecule has 2 aromatic carbocycles. The fraction of sp³-hybridized carbons (Fsp3) is 0.133. The van der Waals surface area contributed by atoms with E-state index in [-0.39, 0.29) is 21.5 Å². The smallest absolute Gasteiger partial charge is 0.207 e. The summed E-state index contributed by atoms with van der Waals surface area (Å²) in [5.41, 5.74) is 7.30. The molecule has 0 aliphatic rings. The Hall–Kier alpha value is -1.95. The predicted molar refractivity (Wildman–Crippen MR) is 85.1 cm³/mol. The third-order valence-electron chi connectivity index (χ3n) is 3.27. The molecule has 0 aromatic heterocycles. The predicted octanol–water partition coefficient (Wildman–Crippen LogP) is 2.89. The molecule has 0 aliphatic carbocycles. The van der Waals surface area contributed by atoms with Crippen molar-refractivity contribution in [2.75, 3.05) is 0 Å². The van der Waals surface area contributed by atoms with Crippen molar-refractivity contribution in [1.82, 2.24) is 5.32 Å². The number of carbonyl (C=O) groups is 1. The topological polar surface area (TPSA) is 95.6 Å². The van der Waals surface area contributed by atoms with Gasteiger partial charge in [-0.05, 0) is 35.4 Å². The lowest BCUT2D eigenvalue weighted by molar-refractivity contribution is -0.110. The van der Waals surface area contributed by atoms with Gasteiger partial charge in [0.25, 0.3) is 0 Å². The average Bonchev–Trinajstić information content (AvgIpc) is 2.45. The van der Waals surface area contributed by atoms with Crippen LogP contribution in [-0.2, 0) is 4.79 Å². The van der Waals surface area contributed by atoms with Crippen LogP contribution in [-0.4, -0.2) is 16.6 Å². The second-order valence-corrected chi connectivity index (χ2v) is 5.51. The summed E-state index contributed by atoms with van der Waals surface area (Å²) >= 11 is 12.2. The zero-order valence-electron chi connectivity index (χ0n) is 11.3. The molecule has 116 valence electrons. The number of phenolic OH excluding ortho intramolecular Hbond substituents is 2. The highest BCUT2D eigenvalue weighted by Crippen LogP contribution is 2.36. The largest absolute Gasteiger partial charge is 0.508 e. The number of halogens is 2. The van der Waals surface area contributed by atoms with E-state index in [0.717, 1.165) is 0 Å². The van der Waals surface area contributed by atoms with Crippen molar-refractivity contribution in [2.24, 2.45) is 5.73 Å². The van der Waals surface area contributed by atoms with Crippen LogP contribution < -0.4 is 11.1 Å². The molecule has 0 heterocycles. The van der Waals surface area contributed by atoms with E-state index in [2.05, 4.69) is 5.32 Å². The maximum atomic E-state index is 10.9. The number of amides is 1. The Morgan fingerprint density at radius 2 is 1.50 bits per heavy atom. The third-order valence-corrected chi connectivity index (χ3v) is 3.92. The second kappa shape index (κ2) is 6.87. The van der Waals surface area contributed by atoms with Gasteiger partial charge in [-0.25, -0.2) is 0 Å². The van der Waals surface area contributed by atoms with Crippen LogP contribution in [0.1, 0.15) is 23.2 Å². The fourth-order valence-corrected chi connectivity index (χ4v) is 2.79. The van der Waals surface area contributed by atoms with Gasteiger partial charge in [0.05, 0.1) is 12.1 Å². The van der Waals surface area contributed by atoms with Crippen molar-refractivity contribution >= 4 is 29.6 Å². The van der Waals surface area contributed by atoms with E-state index in [0.29, 0.717) is 17.5 Å². The number of rotatable bonds is 5. The van der Waals surface area contributed by atoms with E-state index < -0.39 is 12.1 Å². The van der Waals surface area contributed by atoms with E-state index in [1.807, 2.05) is 0 Å². The van der Waals surface area contributed by atoms with Gasteiger partial charge in [0.2, 0.25) is 6.41 Å². The summed E-state index contributed by atoms with van der Waals surface area (Å²) in [6.07, 6.45) is 0.516. The lowest BCUT2D eigenvalue weighted by Gasteiger charge is -2.25. The minimum Gasteiger partial charge on any atom is -0.508 e. The molecule has 0 unspecified atom stereocenters. The van der Waals surface area contributed by atoms with Gasteiger partial charge in [0.15, 0.2) is 0 Å². The van der Waals surface area contributed by atoms with Gasteiger partial charge >= 0.3 is 0 Å². The fourth-order valence-electron chi connectivity index (χ4n) is 2.19. The zero-order valence-corrected chi connectivity index (χ0v) is 12.8. The van der Waals surface area contributed by atoms with Crippen molar-refractivity contribution in [3.63, 3.8) is 0 Å². The van der Waals surface area contributed by atoms with Gasteiger partial charge in [-0.1, -0.05) is 35.3 Å². The van der Waals surface area contributed by atoms with Gasteiger partial charge in [-0.15, -0.1) is 0 Å². The Bertz CT molecular complexity index is 694. The number of hydrogen-bond donors (Lipinski definition) is 4. The first kappa shape index (κ1) is 16.4. The molecule has 0 saturated heterocycles. The Balaban J connectivity index is 2.44. The van der Waals surface area contributed by atoms with Crippen LogP contribution in [0.2, 0.25) is 10.0 Å². The van der Waals surface area contributed by atoms with Gasteiger partial charge in [-0.3, -0.25) is 4.79 Å². The minimum absolute atomic E-state index is 0.00911. The molecule has 1 amide bonds. The van der Waals surface area contributed by atoms with Crippen molar-refractivity contribution in [3.8, 4) is 11.5 Å². The molecule has 7 heteroatoms. The summed E-state index contributed by atoms with van der Waals surface area (Å²) in [7, 11) is 0. The Morgan fingerprint density at radius 3 is 1.95 bits per heavy atom. The first-order chi connectivity index (χ1) is 10.4. The Morgan fingerprint density at radius 1 is 1.00 bits per heavy atom. The number of benzene rings is 2. The van der Waals surface area contributed by atoms with Gasteiger partial charge in [0.1, 0.15) is 11.5 Å². The SMILES string of the molecule is N[C@H](c1ccc(O)cc1Cl)[C@@H](NC=O)c1ccc(O)cc1Cl. The quantitative estimate of drug-likeness (QED) is 0.629. The van der Waals surface area contributed by atoms with Crippen LogP contribution in [0.4, 0.5) is 0 Å². The molecule has 0 bridgehead atoms. The third kappa shape index (κ3) is 3.44. The summed E-state index contributed by atoms with van der Waals surface area (Å²) in [6.45, 7) is 0. The molecule has 2 atom stereocenters. The summed E-state index contributed by atoms with van der Waals surface area (Å²) < 4.78 is 0. The minimum atomic E-state index is -0.694. The molecule has 0 aliphatic heterocycles. The zero-order chi connectivity index (χ0) is 16.3. The van der Waals surface area contributed by atoms with Crippen LogP contribution in [0.25, 0.3) is 0 Å². The number of phenols is 2. The van der Waals surface area contributed by atoms with E-state index in [9.17, 15) is 15.0 Å². The molecule has 2 aromatic rings. The van der Waals surface area contributed by atoms with E-state index in [1.165, 1.54) is 24.3 Å². The Kier molecular flexibility index (Phi) is 5.13. The van der Waals surface area contributed by atoms with Crippen molar-refractivity contribution in [1.29, 1.82) is 0 Å². The van der Waals surface area contributed by atoms with Crippen LogP contribution in [0.5, 0.6) is 11.5 Å². The van der Waals surface area contributed by atoms with Crippen molar-refractivity contribution in [2.45, 2.75) is 12.1 Å². The highest BCUT2D eigenvalue weighted by molar-refractivity contribution is 6.32. The molecular weight excluding hydrogens is 327 g/mol. The first-order valence-electron chi connectivity index (χ1n) is 6.36. The highest BCUT2D eigenvalue weighted by Gasteiger charge is 2.25. The van der Waals surface area contributed by atoms with Crippen LogP contribution in [0.3, 0.4) is 0 Å². The summed E-state index contributed by atoms with van der Waals surface area (Å²) in [6, 6.07) is 7.45. The molecule has 0 spiro atoms. The first-order valence-corrected chi connectivity index (χ1v) is 7.11. The van der Waals surface area contributed by atoms with Gasteiger partial charge in [-0.2, -0.15) is 0 Å². The molecule has 0 fully saturated rings. The van der Waals surface area contributed by atoms with E-state index >= 15 is 0 Å². The standard InChI is InChI=1S/C15H14Cl2N2O3/c16-12-5-8(21)1-3-10(12)14(18)15(19-7-20)11-4-2-9(22)6-13(11)17/h1-7,14-15,21-22H,18H2,(H,19,20)/t14-,15+/m1/s1. The normalized spacial score (nSPS) is 13.4. The molecule has 0 saturated carbocycles. The number of nitrogens with two attached hydrogens (primary N) is 1. The maximum absolute atomic E-state index is 10.9. The average molecular weight is 341 g/mol. The summed E-state index contributed by atoms with van der Waals surface area (Å²) in [5.74, 6) is 0.0263. The van der Waals surface area contributed by atoms with Crippen LogP contribution in [0.15, 0.2) is 36.4 Å². The molecule has 0 radical (unpaired) electrons. The Labute approximate surface area is 137 Å². The van der Waals surface area contributed by atoms with Crippen molar-refractivity contribution < 1.29 is 15.0 Å². The molecule has 5 N–H and O–H groups in total. The number of hydrogen-bond acceptors (Lipinski definition) is 4.